The molecule has 0 bridgehead atoms. The molecule has 0 amide bonds. The lowest BCUT2D eigenvalue weighted by Crippen LogP contribution is -2.47. The Kier molecular flexibility index (Phi) is 3.76. The van der Waals surface area contributed by atoms with Gasteiger partial charge in [-0.05, 0) is 26.0 Å². The molecule has 1 aliphatic rings. The van der Waals surface area contributed by atoms with Crippen LogP contribution < -0.4 is 0 Å². The van der Waals surface area contributed by atoms with Gasteiger partial charge in [-0.2, -0.15) is 4.31 Å². The van der Waals surface area contributed by atoms with Crippen LogP contribution in [0.3, 0.4) is 0 Å². The Hall–Kier alpha value is -0.890. The molecule has 1 aromatic heterocycles. The van der Waals surface area contributed by atoms with Crippen molar-refractivity contribution in [1.29, 1.82) is 0 Å². The summed E-state index contributed by atoms with van der Waals surface area (Å²) in [6, 6.07) is 2.83. The van der Waals surface area contributed by atoms with Crippen molar-refractivity contribution in [3.8, 4) is 0 Å². The maximum absolute atomic E-state index is 12.3. The Morgan fingerprint density at radius 3 is 2.44 bits per heavy atom. The quantitative estimate of drug-likeness (QED) is 0.872. The van der Waals surface area contributed by atoms with Gasteiger partial charge in [-0.25, -0.2) is 8.42 Å². The Balaban J connectivity index is 2.25. The summed E-state index contributed by atoms with van der Waals surface area (Å²) < 4.78 is 36.6. The summed E-state index contributed by atoms with van der Waals surface area (Å²) in [5.41, 5.74) is 0. The van der Waals surface area contributed by atoms with Gasteiger partial charge < -0.3 is 14.3 Å². The summed E-state index contributed by atoms with van der Waals surface area (Å²) in [6.45, 7) is 3.97. The fourth-order valence-corrected chi connectivity index (χ4v) is 3.56. The molecule has 1 saturated heterocycles. The summed E-state index contributed by atoms with van der Waals surface area (Å²) in [4.78, 5) is 0. The van der Waals surface area contributed by atoms with E-state index in [1.807, 2.05) is 13.8 Å². The fourth-order valence-electron chi connectivity index (χ4n) is 2.04. The number of rotatable bonds is 3. The summed E-state index contributed by atoms with van der Waals surface area (Å²) in [5, 5.41) is 8.76. The molecule has 1 N–H and O–H groups in total. The molecule has 0 radical (unpaired) electrons. The van der Waals surface area contributed by atoms with Crippen molar-refractivity contribution in [2.24, 2.45) is 0 Å². The number of aliphatic hydroxyl groups excluding tert-OH is 1. The summed E-state index contributed by atoms with van der Waals surface area (Å²) >= 11 is 0. The van der Waals surface area contributed by atoms with Crippen molar-refractivity contribution in [3.05, 3.63) is 17.9 Å². The minimum Gasteiger partial charge on any atom is -0.446 e. The second kappa shape index (κ2) is 5.00. The number of morpholine rings is 1. The molecular weight excluding hydrogens is 258 g/mol. The Labute approximate surface area is 106 Å². The number of furan rings is 1. The average Bonchev–Trinajstić information content (AvgIpc) is 2.76. The third-order valence-corrected chi connectivity index (χ3v) is 4.48. The fraction of sp³-hybridized carbons (Fsp3) is 0.636. The van der Waals surface area contributed by atoms with Gasteiger partial charge in [0.25, 0.3) is 10.0 Å². The van der Waals surface area contributed by atoms with E-state index in [-0.39, 0.29) is 29.7 Å². The molecule has 6 nitrogen and oxygen atoms in total. The summed E-state index contributed by atoms with van der Waals surface area (Å²) in [6.07, 6.45) is -0.286. The Morgan fingerprint density at radius 1 is 1.33 bits per heavy atom. The van der Waals surface area contributed by atoms with E-state index in [1.54, 1.807) is 0 Å². The first-order valence-electron chi connectivity index (χ1n) is 5.78. The number of hydrogen-bond donors (Lipinski definition) is 1. The second-order valence-corrected chi connectivity index (χ2v) is 6.33. The molecule has 2 unspecified atom stereocenters. The predicted octanol–water partition coefficient (Wildman–Crippen LogP) is 0.570. The zero-order valence-corrected chi connectivity index (χ0v) is 11.2. The SMILES string of the molecule is CC1CN(S(=O)(=O)c2ccc(CO)o2)CC(C)O1. The highest BCUT2D eigenvalue weighted by Crippen LogP contribution is 2.22. The van der Waals surface area contributed by atoms with E-state index in [4.69, 9.17) is 14.3 Å². The summed E-state index contributed by atoms with van der Waals surface area (Å²) in [7, 11) is -3.64. The van der Waals surface area contributed by atoms with Crippen molar-refractivity contribution < 1.29 is 22.7 Å². The first-order valence-corrected chi connectivity index (χ1v) is 7.22. The van der Waals surface area contributed by atoms with Crippen LogP contribution in [-0.2, 0) is 21.4 Å². The van der Waals surface area contributed by atoms with E-state index in [0.29, 0.717) is 13.1 Å². The molecule has 0 aliphatic carbocycles. The van der Waals surface area contributed by atoms with E-state index >= 15 is 0 Å². The molecule has 0 aromatic carbocycles. The standard InChI is InChI=1S/C11H17NO5S/c1-8-5-12(6-9(2)16-8)18(14,15)11-4-3-10(7-13)17-11/h3-4,8-9,13H,5-7H2,1-2H3. The lowest BCUT2D eigenvalue weighted by molar-refractivity contribution is -0.0443. The van der Waals surface area contributed by atoms with Gasteiger partial charge in [0.1, 0.15) is 12.4 Å². The first kappa shape index (κ1) is 13.5. The molecule has 1 fully saturated rings. The van der Waals surface area contributed by atoms with Crippen molar-refractivity contribution in [2.45, 2.75) is 37.8 Å². The first-order chi connectivity index (χ1) is 8.43. The van der Waals surface area contributed by atoms with Crippen LogP contribution in [0.25, 0.3) is 0 Å². The van der Waals surface area contributed by atoms with E-state index < -0.39 is 10.0 Å². The number of sulfonamides is 1. The van der Waals surface area contributed by atoms with Gasteiger partial charge in [0, 0.05) is 13.1 Å². The molecule has 7 heteroatoms. The van der Waals surface area contributed by atoms with Crippen LogP contribution in [-0.4, -0.2) is 43.1 Å². The number of hydrogen-bond acceptors (Lipinski definition) is 5. The lowest BCUT2D eigenvalue weighted by Gasteiger charge is -2.33. The predicted molar refractivity (Wildman–Crippen MR) is 63.4 cm³/mol. The van der Waals surface area contributed by atoms with E-state index in [2.05, 4.69) is 0 Å². The Bertz CT molecular complexity index is 499. The third kappa shape index (κ3) is 2.59. The molecule has 2 atom stereocenters. The molecule has 18 heavy (non-hydrogen) atoms. The minimum atomic E-state index is -3.64. The van der Waals surface area contributed by atoms with Crippen molar-refractivity contribution in [1.82, 2.24) is 4.31 Å². The highest BCUT2D eigenvalue weighted by Gasteiger charge is 2.34. The monoisotopic (exact) mass is 275 g/mol. The van der Waals surface area contributed by atoms with Gasteiger partial charge in [-0.3, -0.25) is 0 Å². The van der Waals surface area contributed by atoms with Crippen molar-refractivity contribution in [2.75, 3.05) is 13.1 Å². The second-order valence-electron chi connectivity index (χ2n) is 4.46. The van der Waals surface area contributed by atoms with Crippen LogP contribution in [0.5, 0.6) is 0 Å². The van der Waals surface area contributed by atoms with E-state index in [9.17, 15) is 8.42 Å². The zero-order chi connectivity index (χ0) is 13.3. The van der Waals surface area contributed by atoms with Crippen LogP contribution in [0.2, 0.25) is 0 Å². The van der Waals surface area contributed by atoms with Gasteiger partial charge in [0.15, 0.2) is 0 Å². The molecule has 2 heterocycles. The van der Waals surface area contributed by atoms with Gasteiger partial charge in [-0.15, -0.1) is 0 Å². The van der Waals surface area contributed by atoms with Crippen LogP contribution >= 0.6 is 0 Å². The van der Waals surface area contributed by atoms with Crippen molar-refractivity contribution in [3.63, 3.8) is 0 Å². The lowest BCUT2D eigenvalue weighted by atomic mass is 10.3. The number of ether oxygens (including phenoxy) is 1. The smallest absolute Gasteiger partial charge is 0.276 e. The van der Waals surface area contributed by atoms with Crippen LogP contribution in [0, 0.1) is 0 Å². The number of nitrogens with zero attached hydrogens (tertiary/aromatic N) is 1. The maximum atomic E-state index is 12.3. The topological polar surface area (TPSA) is 80.0 Å². The van der Waals surface area contributed by atoms with E-state index in [1.165, 1.54) is 16.4 Å². The van der Waals surface area contributed by atoms with E-state index in [0.717, 1.165) is 0 Å². The highest BCUT2D eigenvalue weighted by molar-refractivity contribution is 7.89. The average molecular weight is 275 g/mol. The Morgan fingerprint density at radius 2 is 1.94 bits per heavy atom. The van der Waals surface area contributed by atoms with Crippen LogP contribution in [0.15, 0.2) is 21.6 Å². The molecule has 2 rings (SSSR count). The highest BCUT2D eigenvalue weighted by atomic mass is 32.2. The maximum Gasteiger partial charge on any atom is 0.276 e. The number of aliphatic hydroxyl groups is 1. The molecule has 1 aliphatic heterocycles. The van der Waals surface area contributed by atoms with Gasteiger partial charge >= 0.3 is 0 Å². The molecular formula is C11H17NO5S. The molecule has 1 aromatic rings. The van der Waals surface area contributed by atoms with Crippen LogP contribution in [0.4, 0.5) is 0 Å². The molecule has 102 valence electrons. The summed E-state index contributed by atoms with van der Waals surface area (Å²) in [5.74, 6) is 0.239. The normalized spacial score (nSPS) is 26.4. The van der Waals surface area contributed by atoms with Crippen LogP contribution in [0.1, 0.15) is 19.6 Å². The zero-order valence-electron chi connectivity index (χ0n) is 10.4. The van der Waals surface area contributed by atoms with Gasteiger partial charge in [-0.1, -0.05) is 0 Å². The van der Waals surface area contributed by atoms with Crippen molar-refractivity contribution >= 4 is 10.0 Å². The minimum absolute atomic E-state index is 0.132. The molecule has 0 saturated carbocycles. The third-order valence-electron chi connectivity index (χ3n) is 2.77. The largest absolute Gasteiger partial charge is 0.446 e. The van der Waals surface area contributed by atoms with Gasteiger partial charge in [0.2, 0.25) is 5.09 Å². The van der Waals surface area contributed by atoms with Gasteiger partial charge in [0.05, 0.1) is 12.2 Å². The molecule has 0 spiro atoms.